The van der Waals surface area contributed by atoms with Crippen molar-refractivity contribution in [3.05, 3.63) is 78.0 Å². The molecule has 5 aromatic heterocycles. The van der Waals surface area contributed by atoms with E-state index in [1.165, 1.54) is 11.3 Å². The Labute approximate surface area is 192 Å². The average Bonchev–Trinajstić information content (AvgIpc) is 3.51. The van der Waals surface area contributed by atoms with Gasteiger partial charge < -0.3 is 5.32 Å². The summed E-state index contributed by atoms with van der Waals surface area (Å²) in [7, 11) is 0. The van der Waals surface area contributed by atoms with Crippen molar-refractivity contribution in [2.75, 3.05) is 0 Å². The van der Waals surface area contributed by atoms with Crippen molar-refractivity contribution < 1.29 is 4.79 Å². The smallest absolute Gasteiger partial charge is 0.253 e. The van der Waals surface area contributed by atoms with Crippen LogP contribution in [0.5, 0.6) is 0 Å². The number of rotatable bonds is 5. The van der Waals surface area contributed by atoms with E-state index in [1.54, 1.807) is 30.9 Å². The van der Waals surface area contributed by atoms with E-state index in [2.05, 4.69) is 35.5 Å². The Balaban J connectivity index is 1.23. The zero-order valence-electron chi connectivity index (χ0n) is 17.4. The molecule has 0 atom stereocenters. The fourth-order valence-corrected chi connectivity index (χ4v) is 4.73. The predicted molar refractivity (Wildman–Crippen MR) is 123 cm³/mol. The first-order valence-corrected chi connectivity index (χ1v) is 11.4. The minimum atomic E-state index is -0.140. The van der Waals surface area contributed by atoms with E-state index in [0.29, 0.717) is 22.4 Å². The van der Waals surface area contributed by atoms with Gasteiger partial charge in [-0.15, -0.1) is 21.5 Å². The van der Waals surface area contributed by atoms with E-state index in [9.17, 15) is 4.79 Å². The number of aromatic nitrogens is 7. The van der Waals surface area contributed by atoms with Crippen molar-refractivity contribution in [1.82, 2.24) is 40.0 Å². The Bertz CT molecular complexity index is 1420. The zero-order chi connectivity index (χ0) is 22.2. The van der Waals surface area contributed by atoms with Gasteiger partial charge in [0.2, 0.25) is 0 Å². The van der Waals surface area contributed by atoms with Gasteiger partial charge in [-0.1, -0.05) is 6.07 Å². The molecule has 0 aliphatic heterocycles. The molecule has 0 spiro atoms. The van der Waals surface area contributed by atoms with E-state index < -0.39 is 0 Å². The monoisotopic (exact) mass is 454 g/mol. The van der Waals surface area contributed by atoms with Gasteiger partial charge >= 0.3 is 0 Å². The van der Waals surface area contributed by atoms with Gasteiger partial charge in [0.1, 0.15) is 17.2 Å². The van der Waals surface area contributed by atoms with E-state index in [-0.39, 0.29) is 17.9 Å². The van der Waals surface area contributed by atoms with Gasteiger partial charge in [-0.05, 0) is 43.2 Å². The fraction of sp³-hybridized carbons (Fsp3) is 0.174. The molecule has 0 bridgehead atoms. The van der Waals surface area contributed by atoms with Crippen LogP contribution in [0.1, 0.15) is 34.9 Å². The largest absolute Gasteiger partial charge is 0.349 e. The van der Waals surface area contributed by atoms with Crippen LogP contribution in [0, 0.1) is 0 Å². The minimum absolute atomic E-state index is 0.0478. The Morgan fingerprint density at radius 1 is 0.939 bits per heavy atom. The Morgan fingerprint density at radius 2 is 1.85 bits per heavy atom. The number of amides is 1. The zero-order valence-corrected chi connectivity index (χ0v) is 18.2. The molecule has 0 radical (unpaired) electrons. The van der Waals surface area contributed by atoms with Crippen molar-refractivity contribution in [3.63, 3.8) is 0 Å². The molecule has 0 saturated heterocycles. The lowest BCUT2D eigenvalue weighted by molar-refractivity contribution is 0.0908. The van der Waals surface area contributed by atoms with Crippen molar-refractivity contribution in [3.8, 4) is 16.6 Å². The average molecular weight is 455 g/mol. The maximum atomic E-state index is 12.9. The lowest BCUT2D eigenvalue weighted by Gasteiger charge is -2.35. The van der Waals surface area contributed by atoms with Crippen LogP contribution in [-0.2, 0) is 0 Å². The number of hydrogen-bond donors (Lipinski definition) is 1. The topological polar surface area (TPSA) is 111 Å². The summed E-state index contributed by atoms with van der Waals surface area (Å²) in [5.41, 5.74) is 1.85. The number of hydrogen-bond acceptors (Lipinski definition) is 8. The highest BCUT2D eigenvalue weighted by Gasteiger charge is 2.36. The number of fused-ring (bicyclic) bond motifs is 1. The summed E-state index contributed by atoms with van der Waals surface area (Å²) in [5.74, 6) is 2.29. The van der Waals surface area contributed by atoms with Crippen LogP contribution in [0.2, 0.25) is 0 Å². The summed E-state index contributed by atoms with van der Waals surface area (Å²) in [6.45, 7) is 0. The summed E-state index contributed by atoms with van der Waals surface area (Å²) >= 11 is 1.51. The van der Waals surface area contributed by atoms with Crippen LogP contribution in [0.15, 0.2) is 66.6 Å². The molecule has 162 valence electrons. The molecule has 1 N–H and O–H groups in total. The van der Waals surface area contributed by atoms with E-state index >= 15 is 0 Å². The van der Waals surface area contributed by atoms with Gasteiger partial charge in [0.05, 0.1) is 11.1 Å². The molecule has 6 rings (SSSR count). The molecule has 1 aliphatic rings. The lowest BCUT2D eigenvalue weighted by atomic mass is 9.79. The molecule has 0 aromatic carbocycles. The van der Waals surface area contributed by atoms with E-state index in [4.69, 9.17) is 0 Å². The third-order valence-electron chi connectivity index (χ3n) is 5.77. The molecule has 9 nitrogen and oxygen atoms in total. The van der Waals surface area contributed by atoms with Crippen molar-refractivity contribution in [2.24, 2.45) is 0 Å². The highest BCUT2D eigenvalue weighted by Crippen LogP contribution is 2.38. The third-order valence-corrected chi connectivity index (χ3v) is 6.54. The van der Waals surface area contributed by atoms with Gasteiger partial charge in [0.15, 0.2) is 10.8 Å². The molecule has 5 heterocycles. The number of carbonyl (C=O) groups excluding carboxylic acids is 1. The molecule has 5 aromatic rings. The number of nitrogens with one attached hydrogen (secondary N) is 1. The van der Waals surface area contributed by atoms with Gasteiger partial charge in [-0.25, -0.2) is 9.97 Å². The number of thiazole rings is 1. The standard InChI is InChI=1S/C23H18N8OS/c32-22(16-6-9-24-17-4-3-8-26-19(16)17)28-15-12-14(13-15)20-29-30-21(23-27-10-11-33-23)31(20)18-5-1-2-7-25-18/h1-11,14-15H,12-13H2,(H,28,32)/t14-,15-. The fourth-order valence-electron chi connectivity index (χ4n) is 4.12. The van der Waals surface area contributed by atoms with Crippen molar-refractivity contribution in [1.29, 1.82) is 0 Å². The minimum Gasteiger partial charge on any atom is -0.349 e. The number of carbonyl (C=O) groups is 1. The molecule has 33 heavy (non-hydrogen) atoms. The van der Waals surface area contributed by atoms with Gasteiger partial charge in [0, 0.05) is 42.1 Å². The second-order valence-corrected chi connectivity index (χ2v) is 8.71. The van der Waals surface area contributed by atoms with Gasteiger partial charge in [-0.3, -0.25) is 19.3 Å². The van der Waals surface area contributed by atoms with Crippen LogP contribution in [0.3, 0.4) is 0 Å². The number of pyridine rings is 3. The molecule has 1 amide bonds. The summed E-state index contributed by atoms with van der Waals surface area (Å²) in [6, 6.07) is 11.2. The van der Waals surface area contributed by atoms with E-state index in [1.807, 2.05) is 40.3 Å². The Morgan fingerprint density at radius 3 is 2.67 bits per heavy atom. The predicted octanol–water partition coefficient (Wildman–Crippen LogP) is 3.41. The van der Waals surface area contributed by atoms with Gasteiger partial charge in [-0.2, -0.15) is 0 Å². The first kappa shape index (κ1) is 19.6. The Hall–Kier alpha value is -4.05. The summed E-state index contributed by atoms with van der Waals surface area (Å²) in [4.78, 5) is 30.4. The first-order valence-electron chi connectivity index (χ1n) is 10.5. The summed E-state index contributed by atoms with van der Waals surface area (Å²) in [6.07, 6.45) is 8.35. The van der Waals surface area contributed by atoms with Gasteiger partial charge in [0.25, 0.3) is 5.91 Å². The molecule has 1 aliphatic carbocycles. The van der Waals surface area contributed by atoms with Crippen molar-refractivity contribution >= 4 is 28.3 Å². The summed E-state index contributed by atoms with van der Waals surface area (Å²) in [5, 5.41) is 14.8. The third kappa shape index (κ3) is 3.54. The summed E-state index contributed by atoms with van der Waals surface area (Å²) < 4.78 is 1.97. The van der Waals surface area contributed by atoms with Crippen LogP contribution >= 0.6 is 11.3 Å². The quantitative estimate of drug-likeness (QED) is 0.433. The molecule has 1 saturated carbocycles. The van der Waals surface area contributed by atoms with Crippen LogP contribution in [0.25, 0.3) is 27.7 Å². The molecular formula is C23H18N8OS. The molecular weight excluding hydrogens is 436 g/mol. The SMILES string of the molecule is O=C(N[C@H]1C[C@H](c2nnc(-c3nccs3)n2-c2ccccn2)C1)c1ccnc2cccnc12. The highest BCUT2D eigenvalue weighted by molar-refractivity contribution is 7.13. The molecule has 1 fully saturated rings. The Kier molecular flexibility index (Phi) is 4.84. The second-order valence-electron chi connectivity index (χ2n) is 7.81. The lowest BCUT2D eigenvalue weighted by Crippen LogP contribution is -2.44. The molecule has 10 heteroatoms. The normalized spacial score (nSPS) is 17.6. The van der Waals surface area contributed by atoms with Crippen LogP contribution < -0.4 is 5.32 Å². The molecule has 0 unspecified atom stereocenters. The second kappa shape index (κ2) is 8.14. The maximum Gasteiger partial charge on any atom is 0.253 e. The highest BCUT2D eigenvalue weighted by atomic mass is 32.1. The van der Waals surface area contributed by atoms with Crippen LogP contribution in [-0.4, -0.2) is 46.6 Å². The maximum absolute atomic E-state index is 12.9. The number of nitrogens with zero attached hydrogens (tertiary/aromatic N) is 7. The van der Waals surface area contributed by atoms with Crippen molar-refractivity contribution in [2.45, 2.75) is 24.8 Å². The van der Waals surface area contributed by atoms with E-state index in [0.717, 1.165) is 29.5 Å². The first-order chi connectivity index (χ1) is 16.3. The van der Waals surface area contributed by atoms with Crippen LogP contribution in [0.4, 0.5) is 0 Å².